The number of nitrogens with zero attached hydrogens (tertiary/aromatic N) is 3. The van der Waals surface area contributed by atoms with Crippen molar-refractivity contribution in [1.29, 1.82) is 5.26 Å². The lowest BCUT2D eigenvalue weighted by atomic mass is 10.2. The molecule has 3 rings (SSSR count). The normalized spacial score (nSPS) is 10.6. The zero-order chi connectivity index (χ0) is 17.3. The van der Waals surface area contributed by atoms with E-state index < -0.39 is 0 Å². The molecule has 6 nitrogen and oxygen atoms in total. The van der Waals surface area contributed by atoms with E-state index in [0.717, 1.165) is 32.3 Å². The molecule has 2 N–H and O–H groups in total. The minimum absolute atomic E-state index is 0.0925. The molecule has 2 heterocycles. The van der Waals surface area contributed by atoms with Gasteiger partial charge in [0.05, 0.1) is 10.2 Å². The SMILES string of the molecule is CC(=O)Nc1ccc2nc(NCc3cc(C#N)n(C)c3C)sc2c1. The fourth-order valence-electron chi connectivity index (χ4n) is 2.50. The van der Waals surface area contributed by atoms with Crippen LogP contribution in [0, 0.1) is 18.3 Å². The van der Waals surface area contributed by atoms with Gasteiger partial charge in [-0.15, -0.1) is 0 Å². The molecule has 0 saturated heterocycles. The van der Waals surface area contributed by atoms with Crippen molar-refractivity contribution >= 4 is 38.3 Å². The molecule has 0 aliphatic rings. The van der Waals surface area contributed by atoms with Gasteiger partial charge >= 0.3 is 0 Å². The Balaban J connectivity index is 1.78. The summed E-state index contributed by atoms with van der Waals surface area (Å²) in [4.78, 5) is 15.7. The van der Waals surface area contributed by atoms with Crippen LogP contribution >= 0.6 is 11.3 Å². The van der Waals surface area contributed by atoms with Crippen molar-refractivity contribution in [3.8, 4) is 6.07 Å². The highest BCUT2D eigenvalue weighted by atomic mass is 32.1. The fourth-order valence-corrected chi connectivity index (χ4v) is 3.40. The zero-order valence-electron chi connectivity index (χ0n) is 13.7. The Hall–Kier alpha value is -2.85. The third-order valence-electron chi connectivity index (χ3n) is 3.89. The van der Waals surface area contributed by atoms with E-state index >= 15 is 0 Å². The van der Waals surface area contributed by atoms with Gasteiger partial charge in [-0.25, -0.2) is 4.98 Å². The summed E-state index contributed by atoms with van der Waals surface area (Å²) in [6.45, 7) is 4.09. The molecule has 0 aliphatic heterocycles. The first-order valence-corrected chi connectivity index (χ1v) is 8.27. The molecule has 122 valence electrons. The van der Waals surface area contributed by atoms with E-state index in [0.29, 0.717) is 12.2 Å². The monoisotopic (exact) mass is 339 g/mol. The maximum Gasteiger partial charge on any atom is 0.221 e. The van der Waals surface area contributed by atoms with E-state index in [2.05, 4.69) is 21.7 Å². The smallest absolute Gasteiger partial charge is 0.221 e. The largest absolute Gasteiger partial charge is 0.357 e. The number of nitrogens with one attached hydrogen (secondary N) is 2. The average Bonchev–Trinajstić information content (AvgIpc) is 3.06. The van der Waals surface area contributed by atoms with Gasteiger partial charge in [-0.1, -0.05) is 11.3 Å². The number of amides is 1. The van der Waals surface area contributed by atoms with Crippen LogP contribution in [0.15, 0.2) is 24.3 Å². The number of rotatable bonds is 4. The molecular formula is C17H17N5OS. The van der Waals surface area contributed by atoms with E-state index in [1.807, 2.05) is 42.8 Å². The van der Waals surface area contributed by atoms with Gasteiger partial charge in [0.1, 0.15) is 11.8 Å². The van der Waals surface area contributed by atoms with E-state index in [1.165, 1.54) is 18.3 Å². The molecule has 1 aromatic carbocycles. The third-order valence-corrected chi connectivity index (χ3v) is 4.87. The molecule has 24 heavy (non-hydrogen) atoms. The summed E-state index contributed by atoms with van der Waals surface area (Å²) in [5.74, 6) is -0.0925. The lowest BCUT2D eigenvalue weighted by Gasteiger charge is -2.03. The lowest BCUT2D eigenvalue weighted by molar-refractivity contribution is -0.114. The quantitative estimate of drug-likeness (QED) is 0.763. The molecule has 0 atom stereocenters. The lowest BCUT2D eigenvalue weighted by Crippen LogP contribution is -2.05. The van der Waals surface area contributed by atoms with Crippen LogP contribution in [-0.4, -0.2) is 15.5 Å². The highest BCUT2D eigenvalue weighted by Crippen LogP contribution is 2.29. The van der Waals surface area contributed by atoms with Crippen LogP contribution < -0.4 is 10.6 Å². The number of carbonyl (C=O) groups is 1. The second-order valence-corrected chi connectivity index (χ2v) is 6.58. The Morgan fingerprint density at radius 2 is 2.21 bits per heavy atom. The third kappa shape index (κ3) is 3.09. The number of benzene rings is 1. The van der Waals surface area contributed by atoms with Gasteiger partial charge < -0.3 is 15.2 Å². The number of hydrogen-bond donors (Lipinski definition) is 2. The van der Waals surface area contributed by atoms with Crippen LogP contribution in [0.1, 0.15) is 23.9 Å². The maximum absolute atomic E-state index is 11.1. The van der Waals surface area contributed by atoms with Crippen molar-refractivity contribution in [2.45, 2.75) is 20.4 Å². The zero-order valence-corrected chi connectivity index (χ0v) is 14.5. The van der Waals surface area contributed by atoms with Gasteiger partial charge in [-0.2, -0.15) is 5.26 Å². The Bertz CT molecular complexity index is 963. The molecule has 3 aromatic rings. The molecule has 0 bridgehead atoms. The van der Waals surface area contributed by atoms with Gasteiger partial charge in [0.2, 0.25) is 5.91 Å². The van der Waals surface area contributed by atoms with E-state index in [1.54, 1.807) is 0 Å². The Morgan fingerprint density at radius 3 is 2.88 bits per heavy atom. The molecule has 1 amide bonds. The molecular weight excluding hydrogens is 322 g/mol. The summed E-state index contributed by atoms with van der Waals surface area (Å²) >= 11 is 1.54. The highest BCUT2D eigenvalue weighted by Gasteiger charge is 2.10. The molecule has 0 saturated carbocycles. The molecule has 0 unspecified atom stereocenters. The van der Waals surface area contributed by atoms with Crippen LogP contribution in [0.5, 0.6) is 0 Å². The highest BCUT2D eigenvalue weighted by molar-refractivity contribution is 7.22. The molecule has 2 aromatic heterocycles. The summed E-state index contributed by atoms with van der Waals surface area (Å²) < 4.78 is 2.89. The number of fused-ring (bicyclic) bond motifs is 1. The second-order valence-electron chi connectivity index (χ2n) is 5.55. The van der Waals surface area contributed by atoms with Gasteiger partial charge in [0, 0.05) is 31.9 Å². The van der Waals surface area contributed by atoms with Gasteiger partial charge in [0.15, 0.2) is 5.13 Å². The molecule has 0 aliphatic carbocycles. The van der Waals surface area contributed by atoms with E-state index in [4.69, 9.17) is 5.26 Å². The van der Waals surface area contributed by atoms with Crippen LogP contribution in [0.4, 0.5) is 10.8 Å². The number of thiazole rings is 1. The van der Waals surface area contributed by atoms with Gasteiger partial charge in [0.25, 0.3) is 0 Å². The van der Waals surface area contributed by atoms with Crippen molar-refractivity contribution in [3.05, 3.63) is 41.2 Å². The van der Waals surface area contributed by atoms with Crippen molar-refractivity contribution in [2.24, 2.45) is 7.05 Å². The summed E-state index contributed by atoms with van der Waals surface area (Å²) in [6.07, 6.45) is 0. The van der Waals surface area contributed by atoms with Gasteiger partial charge in [-0.3, -0.25) is 4.79 Å². The van der Waals surface area contributed by atoms with Crippen LogP contribution in [0.3, 0.4) is 0 Å². The molecule has 7 heteroatoms. The summed E-state index contributed by atoms with van der Waals surface area (Å²) in [7, 11) is 1.89. The number of aromatic nitrogens is 2. The number of hydrogen-bond acceptors (Lipinski definition) is 5. The first-order chi connectivity index (χ1) is 11.5. The minimum Gasteiger partial charge on any atom is -0.357 e. The van der Waals surface area contributed by atoms with E-state index in [9.17, 15) is 4.79 Å². The van der Waals surface area contributed by atoms with Crippen LogP contribution in [0.2, 0.25) is 0 Å². The summed E-state index contributed by atoms with van der Waals surface area (Å²) in [5, 5.41) is 16.0. The first kappa shape index (κ1) is 16.0. The first-order valence-electron chi connectivity index (χ1n) is 7.45. The van der Waals surface area contributed by atoms with Gasteiger partial charge in [-0.05, 0) is 36.8 Å². The number of nitriles is 1. The van der Waals surface area contributed by atoms with Crippen molar-refractivity contribution in [1.82, 2.24) is 9.55 Å². The number of carbonyl (C=O) groups excluding carboxylic acids is 1. The molecule has 0 fully saturated rings. The summed E-state index contributed by atoms with van der Waals surface area (Å²) in [5.41, 5.74) is 4.44. The van der Waals surface area contributed by atoms with Crippen molar-refractivity contribution < 1.29 is 4.79 Å². The summed E-state index contributed by atoms with van der Waals surface area (Å²) in [6, 6.07) is 9.73. The Morgan fingerprint density at radius 1 is 1.42 bits per heavy atom. The fraction of sp³-hybridized carbons (Fsp3) is 0.235. The Kier molecular flexibility index (Phi) is 4.23. The maximum atomic E-state index is 11.1. The van der Waals surface area contributed by atoms with Crippen molar-refractivity contribution in [2.75, 3.05) is 10.6 Å². The van der Waals surface area contributed by atoms with Crippen molar-refractivity contribution in [3.63, 3.8) is 0 Å². The topological polar surface area (TPSA) is 82.7 Å². The predicted octanol–water partition coefficient (Wildman–Crippen LogP) is 3.39. The predicted molar refractivity (Wildman–Crippen MR) is 96.1 cm³/mol. The molecule has 0 radical (unpaired) electrons. The number of anilines is 2. The van der Waals surface area contributed by atoms with Crippen LogP contribution in [-0.2, 0) is 18.4 Å². The standard InChI is InChI=1S/C17H17N5OS/c1-10-12(6-14(8-18)22(10)3)9-19-17-21-15-5-4-13(20-11(2)23)7-16(15)24-17/h4-7H,9H2,1-3H3,(H,19,21)(H,20,23). The minimum atomic E-state index is -0.0925. The van der Waals surface area contributed by atoms with Crippen LogP contribution in [0.25, 0.3) is 10.2 Å². The average molecular weight is 339 g/mol. The van der Waals surface area contributed by atoms with E-state index in [-0.39, 0.29) is 5.91 Å². The molecule has 0 spiro atoms. The second kappa shape index (κ2) is 6.34. The Labute approximate surface area is 143 Å².